The molecule has 0 aromatic heterocycles. The van der Waals surface area contributed by atoms with E-state index >= 15 is 0 Å². The number of halogens is 4. The average molecular weight is 298 g/mol. The van der Waals surface area contributed by atoms with Gasteiger partial charge in [0.2, 0.25) is 0 Å². The quantitative estimate of drug-likeness (QED) is 0.783. The summed E-state index contributed by atoms with van der Waals surface area (Å²) in [4.78, 5) is 0.895. The van der Waals surface area contributed by atoms with Gasteiger partial charge < -0.3 is 5.32 Å². The van der Waals surface area contributed by atoms with E-state index in [0.29, 0.717) is 10.8 Å². The van der Waals surface area contributed by atoms with E-state index in [1.165, 1.54) is 11.8 Å². The number of alkyl halides is 3. The van der Waals surface area contributed by atoms with Crippen LogP contribution >= 0.6 is 23.4 Å². The van der Waals surface area contributed by atoms with E-state index < -0.39 is 12.6 Å². The van der Waals surface area contributed by atoms with Crippen LogP contribution in [0.5, 0.6) is 0 Å². The number of benzene rings is 1. The van der Waals surface area contributed by atoms with Crippen molar-refractivity contribution in [2.24, 2.45) is 0 Å². The zero-order chi connectivity index (χ0) is 13.6. The third-order valence-electron chi connectivity index (χ3n) is 2.46. The van der Waals surface area contributed by atoms with Gasteiger partial charge in [0, 0.05) is 23.1 Å². The van der Waals surface area contributed by atoms with Gasteiger partial charge in [-0.3, -0.25) is 0 Å². The number of hydrogen-bond donors (Lipinski definition) is 1. The van der Waals surface area contributed by atoms with Crippen LogP contribution in [0.4, 0.5) is 13.2 Å². The van der Waals surface area contributed by atoms with Gasteiger partial charge in [0.1, 0.15) is 0 Å². The number of thioether (sulfide) groups is 1. The van der Waals surface area contributed by atoms with E-state index in [1.54, 1.807) is 13.1 Å². The Bertz CT molecular complexity index is 371. The standard InChI is InChI=1S/C12H15ClF3NS/c1-17-9(6-7-12(14,15)16)8-18-11-5-3-2-4-10(11)13/h2-5,9,17H,6-8H2,1H3. The first kappa shape index (κ1) is 15.7. The van der Waals surface area contributed by atoms with Crippen LogP contribution in [0, 0.1) is 0 Å². The van der Waals surface area contributed by atoms with Crippen LogP contribution in [0.15, 0.2) is 29.2 Å². The molecule has 1 rings (SSSR count). The first-order valence-electron chi connectivity index (χ1n) is 5.53. The van der Waals surface area contributed by atoms with Crippen molar-refractivity contribution in [1.29, 1.82) is 0 Å². The van der Waals surface area contributed by atoms with Crippen molar-refractivity contribution < 1.29 is 13.2 Å². The molecule has 0 heterocycles. The maximum atomic E-state index is 12.1. The summed E-state index contributed by atoms with van der Waals surface area (Å²) >= 11 is 7.45. The van der Waals surface area contributed by atoms with E-state index in [2.05, 4.69) is 5.32 Å². The molecule has 0 saturated heterocycles. The third-order valence-corrected chi connectivity index (χ3v) is 4.14. The predicted octanol–water partition coefficient (Wildman–Crippen LogP) is 4.36. The highest BCUT2D eigenvalue weighted by Crippen LogP contribution is 2.28. The van der Waals surface area contributed by atoms with E-state index in [1.807, 2.05) is 18.2 Å². The van der Waals surface area contributed by atoms with Gasteiger partial charge in [0.05, 0.1) is 5.02 Å². The summed E-state index contributed by atoms with van der Waals surface area (Å²) in [7, 11) is 1.67. The largest absolute Gasteiger partial charge is 0.389 e. The summed E-state index contributed by atoms with van der Waals surface area (Å²) in [6.07, 6.45) is -4.77. The van der Waals surface area contributed by atoms with E-state index in [4.69, 9.17) is 11.6 Å². The minimum atomic E-state index is -4.09. The molecule has 1 aromatic carbocycles. The highest BCUT2D eigenvalue weighted by Gasteiger charge is 2.27. The lowest BCUT2D eigenvalue weighted by atomic mass is 10.2. The molecule has 1 atom stereocenters. The van der Waals surface area contributed by atoms with Gasteiger partial charge in [-0.25, -0.2) is 0 Å². The molecule has 0 saturated carbocycles. The molecule has 0 amide bonds. The normalized spacial score (nSPS) is 13.6. The molecule has 0 fully saturated rings. The van der Waals surface area contributed by atoms with Crippen LogP contribution in [0.2, 0.25) is 5.02 Å². The molecule has 0 aliphatic rings. The Morgan fingerprint density at radius 1 is 1.33 bits per heavy atom. The van der Waals surface area contributed by atoms with Crippen LogP contribution in [-0.2, 0) is 0 Å². The molecule has 6 heteroatoms. The van der Waals surface area contributed by atoms with Crippen LogP contribution in [0.3, 0.4) is 0 Å². The molecule has 0 aliphatic heterocycles. The Morgan fingerprint density at radius 3 is 2.56 bits per heavy atom. The highest BCUT2D eigenvalue weighted by atomic mass is 35.5. The molecular formula is C12H15ClF3NS. The molecule has 1 N–H and O–H groups in total. The first-order chi connectivity index (χ1) is 8.42. The molecular weight excluding hydrogens is 283 g/mol. The van der Waals surface area contributed by atoms with Crippen molar-refractivity contribution in [2.75, 3.05) is 12.8 Å². The van der Waals surface area contributed by atoms with Gasteiger partial charge in [-0.2, -0.15) is 13.2 Å². The second-order valence-corrected chi connectivity index (χ2v) is 5.35. The van der Waals surface area contributed by atoms with Gasteiger partial charge in [-0.15, -0.1) is 11.8 Å². The summed E-state index contributed by atoms with van der Waals surface area (Å²) < 4.78 is 36.4. The lowest BCUT2D eigenvalue weighted by Gasteiger charge is -2.17. The van der Waals surface area contributed by atoms with Crippen LogP contribution < -0.4 is 5.32 Å². The van der Waals surface area contributed by atoms with E-state index in [9.17, 15) is 13.2 Å². The monoisotopic (exact) mass is 297 g/mol. The summed E-state index contributed by atoms with van der Waals surface area (Å²) in [5.74, 6) is 0.566. The zero-order valence-electron chi connectivity index (χ0n) is 9.93. The summed E-state index contributed by atoms with van der Waals surface area (Å²) in [5, 5.41) is 3.53. The van der Waals surface area contributed by atoms with Gasteiger partial charge in [-0.05, 0) is 25.6 Å². The zero-order valence-corrected chi connectivity index (χ0v) is 11.5. The van der Waals surface area contributed by atoms with Gasteiger partial charge >= 0.3 is 6.18 Å². The van der Waals surface area contributed by atoms with Crippen molar-refractivity contribution in [3.05, 3.63) is 29.3 Å². The van der Waals surface area contributed by atoms with Gasteiger partial charge in [0.25, 0.3) is 0 Å². The first-order valence-corrected chi connectivity index (χ1v) is 6.90. The third kappa shape index (κ3) is 5.98. The fourth-order valence-corrected chi connectivity index (χ4v) is 2.80. The molecule has 1 nitrogen and oxygen atoms in total. The van der Waals surface area contributed by atoms with Crippen molar-refractivity contribution in [3.8, 4) is 0 Å². The summed E-state index contributed by atoms with van der Waals surface area (Å²) in [5.41, 5.74) is 0. The van der Waals surface area contributed by atoms with Crippen LogP contribution in [0.25, 0.3) is 0 Å². The molecule has 0 aliphatic carbocycles. The highest BCUT2D eigenvalue weighted by molar-refractivity contribution is 7.99. The second-order valence-electron chi connectivity index (χ2n) is 3.88. The minimum absolute atomic E-state index is 0.0808. The number of nitrogens with one attached hydrogen (secondary N) is 1. The Morgan fingerprint density at radius 2 is 2.00 bits per heavy atom. The van der Waals surface area contributed by atoms with Crippen molar-refractivity contribution >= 4 is 23.4 Å². The fraction of sp³-hybridized carbons (Fsp3) is 0.500. The van der Waals surface area contributed by atoms with Crippen molar-refractivity contribution in [2.45, 2.75) is 30.0 Å². The predicted molar refractivity (Wildman–Crippen MR) is 70.3 cm³/mol. The smallest absolute Gasteiger partial charge is 0.316 e. The van der Waals surface area contributed by atoms with Crippen LogP contribution in [0.1, 0.15) is 12.8 Å². The molecule has 1 unspecified atom stereocenters. The Kier molecular flexibility index (Phi) is 6.32. The average Bonchev–Trinajstić information content (AvgIpc) is 2.30. The maximum Gasteiger partial charge on any atom is 0.389 e. The summed E-state index contributed by atoms with van der Waals surface area (Å²) in [6, 6.07) is 7.15. The molecule has 0 spiro atoms. The fourth-order valence-electron chi connectivity index (χ4n) is 1.40. The van der Waals surface area contributed by atoms with Gasteiger partial charge in [-0.1, -0.05) is 23.7 Å². The Hall–Kier alpha value is -0.390. The summed E-state index contributed by atoms with van der Waals surface area (Å²) in [6.45, 7) is 0. The topological polar surface area (TPSA) is 12.0 Å². The van der Waals surface area contributed by atoms with Crippen molar-refractivity contribution in [1.82, 2.24) is 5.32 Å². The van der Waals surface area contributed by atoms with E-state index in [0.717, 1.165) is 4.90 Å². The maximum absolute atomic E-state index is 12.1. The van der Waals surface area contributed by atoms with Gasteiger partial charge in [0.15, 0.2) is 0 Å². The van der Waals surface area contributed by atoms with E-state index in [-0.39, 0.29) is 12.5 Å². The number of hydrogen-bond acceptors (Lipinski definition) is 2. The molecule has 102 valence electrons. The van der Waals surface area contributed by atoms with Crippen molar-refractivity contribution in [3.63, 3.8) is 0 Å². The Balaban J connectivity index is 2.43. The SMILES string of the molecule is CNC(CCC(F)(F)F)CSc1ccccc1Cl. The van der Waals surface area contributed by atoms with Crippen LogP contribution in [-0.4, -0.2) is 25.0 Å². The molecule has 18 heavy (non-hydrogen) atoms. The lowest BCUT2D eigenvalue weighted by molar-refractivity contribution is -0.136. The minimum Gasteiger partial charge on any atom is -0.316 e. The molecule has 0 bridgehead atoms. The second kappa shape index (κ2) is 7.26. The molecule has 0 radical (unpaired) electrons. The number of rotatable bonds is 6. The Labute approximate surface area is 114 Å². The molecule has 1 aromatic rings. The lowest BCUT2D eigenvalue weighted by Crippen LogP contribution is -2.29.